The zero-order valence-corrected chi connectivity index (χ0v) is 10.4. The molecule has 3 heterocycles. The summed E-state index contributed by atoms with van der Waals surface area (Å²) in [5, 5.41) is 0. The molecular weight excluding hydrogens is 242 g/mol. The van der Waals surface area contributed by atoms with Gasteiger partial charge in [-0.05, 0) is 6.26 Å². The first-order valence-electron chi connectivity index (χ1n) is 4.61. The van der Waals surface area contributed by atoms with Crippen LogP contribution in [-0.4, -0.2) is 25.8 Å². The van der Waals surface area contributed by atoms with Gasteiger partial charge in [0.1, 0.15) is 10.2 Å². The molecule has 5 nitrogen and oxygen atoms in total. The fraction of sp³-hybridized carbons (Fsp3) is 0.222. The van der Waals surface area contributed by atoms with Crippen LogP contribution in [-0.2, 0) is 7.05 Å². The van der Waals surface area contributed by atoms with Crippen LogP contribution in [0.5, 0.6) is 0 Å². The van der Waals surface area contributed by atoms with Crippen LogP contribution in [0.4, 0.5) is 5.82 Å². The number of hydrogen-bond donors (Lipinski definition) is 1. The Kier molecular flexibility index (Phi) is 2.05. The van der Waals surface area contributed by atoms with Crippen LogP contribution in [0.3, 0.4) is 0 Å². The molecule has 0 bridgehead atoms. The second kappa shape index (κ2) is 3.33. The molecule has 3 aromatic rings. The minimum atomic E-state index is 0.445. The SMILES string of the molecule is CSc1nc2nc(N)c3ncn(C)c3c2s1. The number of nitrogens with two attached hydrogens (primary N) is 1. The third-order valence-electron chi connectivity index (χ3n) is 2.39. The third kappa shape index (κ3) is 1.21. The highest BCUT2D eigenvalue weighted by Gasteiger charge is 2.14. The van der Waals surface area contributed by atoms with Gasteiger partial charge in [0, 0.05) is 7.05 Å². The van der Waals surface area contributed by atoms with Crippen LogP contribution in [0, 0.1) is 0 Å². The molecule has 0 saturated heterocycles. The Balaban J connectivity index is 2.55. The van der Waals surface area contributed by atoms with Gasteiger partial charge < -0.3 is 10.3 Å². The number of anilines is 1. The Hall–Kier alpha value is -1.34. The number of nitrogens with zero attached hydrogens (tertiary/aromatic N) is 4. The van der Waals surface area contributed by atoms with Crippen LogP contribution in [0.2, 0.25) is 0 Å². The summed E-state index contributed by atoms with van der Waals surface area (Å²) < 4.78 is 4.00. The highest BCUT2D eigenvalue weighted by molar-refractivity contribution is 8.00. The van der Waals surface area contributed by atoms with Crippen LogP contribution in [0.15, 0.2) is 10.7 Å². The number of thioether (sulfide) groups is 1. The molecule has 0 radical (unpaired) electrons. The Morgan fingerprint density at radius 1 is 1.44 bits per heavy atom. The summed E-state index contributed by atoms with van der Waals surface area (Å²) in [6, 6.07) is 0. The third-order valence-corrected chi connectivity index (χ3v) is 4.42. The molecule has 3 aromatic heterocycles. The van der Waals surface area contributed by atoms with E-state index in [1.165, 1.54) is 0 Å². The van der Waals surface area contributed by atoms with Crippen LogP contribution >= 0.6 is 23.1 Å². The van der Waals surface area contributed by atoms with Crippen LogP contribution in [0.25, 0.3) is 21.4 Å². The fourth-order valence-electron chi connectivity index (χ4n) is 1.66. The van der Waals surface area contributed by atoms with Gasteiger partial charge in [-0.2, -0.15) is 0 Å². The molecule has 0 fully saturated rings. The molecule has 0 amide bonds. The van der Waals surface area contributed by atoms with Gasteiger partial charge in [0.25, 0.3) is 0 Å². The molecule has 0 unspecified atom stereocenters. The molecule has 7 heteroatoms. The summed E-state index contributed by atoms with van der Waals surface area (Å²) in [6.07, 6.45) is 3.75. The van der Waals surface area contributed by atoms with Gasteiger partial charge in [0.2, 0.25) is 0 Å². The van der Waals surface area contributed by atoms with E-state index >= 15 is 0 Å². The number of thiazole rings is 1. The lowest BCUT2D eigenvalue weighted by atomic mass is 10.3. The van der Waals surface area contributed by atoms with E-state index in [1.807, 2.05) is 17.9 Å². The summed E-state index contributed by atoms with van der Waals surface area (Å²) in [5.74, 6) is 0.445. The maximum absolute atomic E-state index is 5.86. The largest absolute Gasteiger partial charge is 0.382 e. The predicted octanol–water partition coefficient (Wildman–Crippen LogP) is 1.88. The van der Waals surface area contributed by atoms with E-state index in [1.54, 1.807) is 29.4 Å². The molecule has 0 saturated carbocycles. The number of hydrogen-bond acceptors (Lipinski definition) is 6. The van der Waals surface area contributed by atoms with Crippen molar-refractivity contribution < 1.29 is 0 Å². The molecule has 82 valence electrons. The standard InChI is InChI=1S/C9H9N5S2/c1-14-3-11-4-5(14)6-8(12-7(4)10)13-9(15-2)16-6/h3H,1-2H3,(H2,10,12). The van der Waals surface area contributed by atoms with Crippen molar-refractivity contribution in [3.05, 3.63) is 6.33 Å². The molecule has 16 heavy (non-hydrogen) atoms. The number of aryl methyl sites for hydroxylation is 1. The average Bonchev–Trinajstić information content (AvgIpc) is 2.82. The normalized spacial score (nSPS) is 11.6. The Bertz CT molecular complexity index is 684. The fourth-order valence-corrected chi connectivity index (χ4v) is 3.25. The first kappa shape index (κ1) is 9.86. The molecule has 0 aliphatic heterocycles. The lowest BCUT2D eigenvalue weighted by Gasteiger charge is -1.97. The zero-order valence-electron chi connectivity index (χ0n) is 8.76. The van der Waals surface area contributed by atoms with E-state index < -0.39 is 0 Å². The van der Waals surface area contributed by atoms with E-state index in [4.69, 9.17) is 5.73 Å². The summed E-state index contributed by atoms with van der Waals surface area (Å²) in [7, 11) is 1.95. The minimum absolute atomic E-state index is 0.445. The smallest absolute Gasteiger partial charge is 0.176 e. The van der Waals surface area contributed by atoms with Gasteiger partial charge in [0.15, 0.2) is 15.8 Å². The maximum atomic E-state index is 5.86. The summed E-state index contributed by atoms with van der Waals surface area (Å²) in [5.41, 5.74) is 8.34. The summed E-state index contributed by atoms with van der Waals surface area (Å²) >= 11 is 3.24. The van der Waals surface area contributed by atoms with Crippen molar-refractivity contribution in [2.45, 2.75) is 4.34 Å². The first-order chi connectivity index (χ1) is 7.70. The van der Waals surface area contributed by atoms with Gasteiger partial charge in [-0.25, -0.2) is 15.0 Å². The van der Waals surface area contributed by atoms with Gasteiger partial charge in [-0.1, -0.05) is 11.8 Å². The zero-order chi connectivity index (χ0) is 11.3. The van der Waals surface area contributed by atoms with Gasteiger partial charge in [-0.15, -0.1) is 11.3 Å². The van der Waals surface area contributed by atoms with E-state index in [9.17, 15) is 0 Å². The first-order valence-corrected chi connectivity index (χ1v) is 6.66. The number of fused-ring (bicyclic) bond motifs is 3. The molecule has 0 spiro atoms. The maximum Gasteiger partial charge on any atom is 0.176 e. The number of aromatic nitrogens is 4. The second-order valence-corrected chi connectivity index (χ2v) is 5.44. The lowest BCUT2D eigenvalue weighted by Crippen LogP contribution is -1.93. The van der Waals surface area contributed by atoms with E-state index in [0.717, 1.165) is 20.1 Å². The van der Waals surface area contributed by atoms with E-state index in [-0.39, 0.29) is 0 Å². The number of rotatable bonds is 1. The van der Waals surface area contributed by atoms with Crippen molar-refractivity contribution in [3.63, 3.8) is 0 Å². The second-order valence-electron chi connectivity index (χ2n) is 3.39. The highest BCUT2D eigenvalue weighted by Crippen LogP contribution is 2.33. The summed E-state index contributed by atoms with van der Waals surface area (Å²) in [6.45, 7) is 0. The van der Waals surface area contributed by atoms with Crippen molar-refractivity contribution >= 4 is 50.3 Å². The van der Waals surface area contributed by atoms with Crippen molar-refractivity contribution in [1.29, 1.82) is 0 Å². The number of pyridine rings is 1. The van der Waals surface area contributed by atoms with Crippen molar-refractivity contribution in [2.24, 2.45) is 7.05 Å². The van der Waals surface area contributed by atoms with Gasteiger partial charge in [-0.3, -0.25) is 0 Å². The topological polar surface area (TPSA) is 69.6 Å². The molecule has 0 aromatic carbocycles. The molecule has 3 rings (SSSR count). The molecular formula is C9H9N5S2. The van der Waals surface area contributed by atoms with Gasteiger partial charge >= 0.3 is 0 Å². The number of imidazole rings is 1. The van der Waals surface area contributed by atoms with E-state index in [0.29, 0.717) is 11.5 Å². The molecule has 0 aliphatic carbocycles. The van der Waals surface area contributed by atoms with Crippen molar-refractivity contribution in [1.82, 2.24) is 19.5 Å². The summed E-state index contributed by atoms with van der Waals surface area (Å²) in [4.78, 5) is 12.9. The van der Waals surface area contributed by atoms with Crippen LogP contribution < -0.4 is 5.73 Å². The minimum Gasteiger partial charge on any atom is -0.382 e. The van der Waals surface area contributed by atoms with E-state index in [2.05, 4.69) is 15.0 Å². The lowest BCUT2D eigenvalue weighted by molar-refractivity contribution is 0.951. The Morgan fingerprint density at radius 2 is 2.25 bits per heavy atom. The monoisotopic (exact) mass is 251 g/mol. The van der Waals surface area contributed by atoms with Gasteiger partial charge in [0.05, 0.1) is 11.8 Å². The molecule has 0 aliphatic rings. The molecule has 0 atom stereocenters. The quantitative estimate of drug-likeness (QED) is 0.669. The van der Waals surface area contributed by atoms with Crippen LogP contribution in [0.1, 0.15) is 0 Å². The number of nitrogen functional groups attached to an aromatic ring is 1. The Labute approximate surface area is 99.7 Å². The van der Waals surface area contributed by atoms with Crippen molar-refractivity contribution in [3.8, 4) is 0 Å². The average molecular weight is 251 g/mol. The molecule has 2 N–H and O–H groups in total. The highest BCUT2D eigenvalue weighted by atomic mass is 32.2. The Morgan fingerprint density at radius 3 is 3.00 bits per heavy atom. The predicted molar refractivity (Wildman–Crippen MR) is 67.9 cm³/mol. The van der Waals surface area contributed by atoms with Crippen molar-refractivity contribution in [2.75, 3.05) is 12.0 Å².